The van der Waals surface area contributed by atoms with Crippen LogP contribution in [-0.2, 0) is 0 Å². The van der Waals surface area contributed by atoms with E-state index in [-0.39, 0.29) is 17.6 Å². The van der Waals surface area contributed by atoms with E-state index in [4.69, 9.17) is 4.74 Å². The molecule has 21 heavy (non-hydrogen) atoms. The third-order valence-corrected chi connectivity index (χ3v) is 4.79. The van der Waals surface area contributed by atoms with Crippen molar-refractivity contribution in [3.8, 4) is 5.75 Å². The fourth-order valence-corrected chi connectivity index (χ4v) is 3.15. The van der Waals surface area contributed by atoms with E-state index in [2.05, 4.69) is 46.8 Å². The number of aliphatic hydroxyl groups excluding tert-OH is 1. The lowest BCUT2D eigenvalue weighted by atomic mass is 9.71. The zero-order valence-electron chi connectivity index (χ0n) is 14.1. The molecule has 1 aliphatic carbocycles. The average Bonchev–Trinajstić information content (AvgIpc) is 2.40. The van der Waals surface area contributed by atoms with Crippen LogP contribution in [0, 0.1) is 11.3 Å². The molecule has 1 fully saturated rings. The van der Waals surface area contributed by atoms with Gasteiger partial charge in [-0.15, -0.1) is 0 Å². The third-order valence-electron chi connectivity index (χ3n) is 4.79. The molecule has 1 aliphatic rings. The number of hydrogen-bond donors (Lipinski definition) is 1. The summed E-state index contributed by atoms with van der Waals surface area (Å²) in [6.07, 6.45) is 2.46. The molecule has 0 saturated heterocycles. The summed E-state index contributed by atoms with van der Waals surface area (Å²) >= 11 is 0. The third kappa shape index (κ3) is 4.23. The molecule has 1 saturated carbocycles. The van der Waals surface area contributed by atoms with E-state index in [0.29, 0.717) is 11.8 Å². The largest absolute Gasteiger partial charge is 0.488 e. The Hall–Kier alpha value is -1.02. The molecule has 1 N–H and O–H groups in total. The van der Waals surface area contributed by atoms with Crippen LogP contribution in [0.25, 0.3) is 0 Å². The summed E-state index contributed by atoms with van der Waals surface area (Å²) in [7, 11) is 0. The van der Waals surface area contributed by atoms with Gasteiger partial charge in [-0.05, 0) is 54.2 Å². The first kappa shape index (κ1) is 16.4. The Balaban J connectivity index is 2.08. The van der Waals surface area contributed by atoms with Gasteiger partial charge < -0.3 is 9.84 Å². The normalized spacial score (nSPS) is 26.9. The van der Waals surface area contributed by atoms with Gasteiger partial charge in [0.05, 0.1) is 6.10 Å². The van der Waals surface area contributed by atoms with Crippen molar-refractivity contribution < 1.29 is 9.84 Å². The molecule has 0 heterocycles. The van der Waals surface area contributed by atoms with Crippen molar-refractivity contribution in [1.82, 2.24) is 0 Å². The minimum Gasteiger partial charge on any atom is -0.488 e. The van der Waals surface area contributed by atoms with Crippen LogP contribution in [0.2, 0.25) is 0 Å². The Morgan fingerprint density at radius 3 is 2.52 bits per heavy atom. The van der Waals surface area contributed by atoms with E-state index < -0.39 is 0 Å². The summed E-state index contributed by atoms with van der Waals surface area (Å²) < 4.78 is 6.13. The zero-order chi connectivity index (χ0) is 15.6. The van der Waals surface area contributed by atoms with Crippen molar-refractivity contribution in [2.45, 2.75) is 72.0 Å². The Morgan fingerprint density at radius 2 is 1.90 bits per heavy atom. The molecular weight excluding hydrogens is 260 g/mol. The van der Waals surface area contributed by atoms with Gasteiger partial charge in [-0.2, -0.15) is 0 Å². The average molecular weight is 290 g/mol. The van der Waals surface area contributed by atoms with Crippen LogP contribution in [0.4, 0.5) is 0 Å². The van der Waals surface area contributed by atoms with Gasteiger partial charge in [0.15, 0.2) is 0 Å². The van der Waals surface area contributed by atoms with Crippen molar-refractivity contribution in [3.05, 3.63) is 29.8 Å². The topological polar surface area (TPSA) is 29.5 Å². The van der Waals surface area contributed by atoms with E-state index in [0.717, 1.165) is 25.0 Å². The summed E-state index contributed by atoms with van der Waals surface area (Å²) in [5, 5.41) is 10.3. The second kappa shape index (κ2) is 6.39. The summed E-state index contributed by atoms with van der Waals surface area (Å²) in [4.78, 5) is 0. The summed E-state index contributed by atoms with van der Waals surface area (Å²) in [5.74, 6) is 1.99. The molecule has 2 heteroatoms. The standard InChI is InChI=1S/C19H30O2/c1-13(2)14-7-6-8-16(11-14)21-18-12-15(19(3,4)5)9-10-17(18)20/h6-8,11,13,15,17-18,20H,9-10,12H2,1-5H3. The maximum atomic E-state index is 10.3. The minimum atomic E-state index is -0.341. The maximum Gasteiger partial charge on any atom is 0.125 e. The summed E-state index contributed by atoms with van der Waals surface area (Å²) in [6, 6.07) is 8.28. The molecule has 3 atom stereocenters. The van der Waals surface area contributed by atoms with Gasteiger partial charge in [-0.1, -0.05) is 46.8 Å². The van der Waals surface area contributed by atoms with Crippen molar-refractivity contribution >= 4 is 0 Å². The van der Waals surface area contributed by atoms with Crippen LogP contribution in [0.1, 0.15) is 65.4 Å². The quantitative estimate of drug-likeness (QED) is 0.869. The Labute approximate surface area is 129 Å². The highest BCUT2D eigenvalue weighted by Crippen LogP contribution is 2.39. The van der Waals surface area contributed by atoms with Crippen LogP contribution in [0.3, 0.4) is 0 Å². The van der Waals surface area contributed by atoms with E-state index in [9.17, 15) is 5.11 Å². The van der Waals surface area contributed by atoms with Gasteiger partial charge in [0.1, 0.15) is 11.9 Å². The molecule has 0 amide bonds. The molecule has 0 bridgehead atoms. The van der Waals surface area contributed by atoms with Crippen LogP contribution in [0.5, 0.6) is 5.75 Å². The Kier molecular flexibility index (Phi) is 4.98. The molecule has 0 aromatic heterocycles. The Morgan fingerprint density at radius 1 is 1.19 bits per heavy atom. The number of aliphatic hydroxyl groups is 1. The van der Waals surface area contributed by atoms with Gasteiger partial charge >= 0.3 is 0 Å². The molecule has 1 aromatic rings. The first-order valence-corrected chi connectivity index (χ1v) is 8.22. The van der Waals surface area contributed by atoms with Crippen molar-refractivity contribution in [2.24, 2.45) is 11.3 Å². The first-order chi connectivity index (χ1) is 9.77. The molecule has 0 spiro atoms. The SMILES string of the molecule is CC(C)c1cccc(OC2CC(C(C)(C)C)CCC2O)c1. The highest BCUT2D eigenvalue weighted by Gasteiger charge is 2.36. The van der Waals surface area contributed by atoms with E-state index in [1.165, 1.54) is 5.56 Å². The predicted octanol–water partition coefficient (Wildman–Crippen LogP) is 4.76. The number of hydrogen-bond acceptors (Lipinski definition) is 2. The van der Waals surface area contributed by atoms with Gasteiger partial charge in [-0.25, -0.2) is 0 Å². The van der Waals surface area contributed by atoms with E-state index in [1.54, 1.807) is 0 Å². The van der Waals surface area contributed by atoms with Crippen molar-refractivity contribution in [1.29, 1.82) is 0 Å². The second-order valence-corrected chi connectivity index (χ2v) is 7.83. The number of ether oxygens (including phenoxy) is 1. The maximum absolute atomic E-state index is 10.3. The Bertz CT molecular complexity index is 459. The number of benzene rings is 1. The van der Waals surface area contributed by atoms with Crippen LogP contribution in [0.15, 0.2) is 24.3 Å². The highest BCUT2D eigenvalue weighted by atomic mass is 16.5. The summed E-state index contributed by atoms with van der Waals surface area (Å²) in [6.45, 7) is 11.2. The lowest BCUT2D eigenvalue weighted by Crippen LogP contribution is -2.41. The van der Waals surface area contributed by atoms with E-state index >= 15 is 0 Å². The highest BCUT2D eigenvalue weighted by molar-refractivity contribution is 5.30. The van der Waals surface area contributed by atoms with Gasteiger partial charge in [-0.3, -0.25) is 0 Å². The van der Waals surface area contributed by atoms with Gasteiger partial charge in [0.2, 0.25) is 0 Å². The molecular formula is C19H30O2. The van der Waals surface area contributed by atoms with E-state index in [1.807, 2.05) is 12.1 Å². The van der Waals surface area contributed by atoms with Gasteiger partial charge in [0, 0.05) is 0 Å². The van der Waals surface area contributed by atoms with Crippen molar-refractivity contribution in [3.63, 3.8) is 0 Å². The molecule has 2 nitrogen and oxygen atoms in total. The first-order valence-electron chi connectivity index (χ1n) is 8.22. The van der Waals surface area contributed by atoms with Gasteiger partial charge in [0.25, 0.3) is 0 Å². The lowest BCUT2D eigenvalue weighted by molar-refractivity contribution is -0.0298. The monoisotopic (exact) mass is 290 g/mol. The zero-order valence-corrected chi connectivity index (χ0v) is 14.1. The molecule has 0 aliphatic heterocycles. The lowest BCUT2D eigenvalue weighted by Gasteiger charge is -2.40. The smallest absolute Gasteiger partial charge is 0.125 e. The fourth-order valence-electron chi connectivity index (χ4n) is 3.15. The molecule has 0 radical (unpaired) electrons. The number of rotatable bonds is 3. The summed E-state index contributed by atoms with van der Waals surface area (Å²) in [5.41, 5.74) is 1.56. The van der Waals surface area contributed by atoms with Crippen LogP contribution < -0.4 is 4.74 Å². The van der Waals surface area contributed by atoms with Crippen LogP contribution >= 0.6 is 0 Å². The fraction of sp³-hybridized carbons (Fsp3) is 0.684. The predicted molar refractivity (Wildman–Crippen MR) is 87.7 cm³/mol. The molecule has 2 rings (SSSR count). The minimum absolute atomic E-state index is 0.0783. The molecule has 118 valence electrons. The molecule has 3 unspecified atom stereocenters. The second-order valence-electron chi connectivity index (χ2n) is 7.83. The molecule has 1 aromatic carbocycles. The van der Waals surface area contributed by atoms with Crippen LogP contribution in [-0.4, -0.2) is 17.3 Å². The van der Waals surface area contributed by atoms with Crippen molar-refractivity contribution in [2.75, 3.05) is 0 Å².